The Morgan fingerprint density at radius 2 is 1.90 bits per heavy atom. The first-order valence-corrected chi connectivity index (χ1v) is 7.73. The van der Waals surface area contributed by atoms with Crippen molar-refractivity contribution < 1.29 is 13.3 Å². The Morgan fingerprint density at radius 3 is 2.35 bits per heavy atom. The number of hydrogen-bond donors (Lipinski definition) is 2. The van der Waals surface area contributed by atoms with Gasteiger partial charge in [0.1, 0.15) is 11.6 Å². The molecule has 20 heavy (non-hydrogen) atoms. The largest absolute Gasteiger partial charge is 0.373 e. The van der Waals surface area contributed by atoms with E-state index in [0.717, 1.165) is 6.26 Å². The van der Waals surface area contributed by atoms with E-state index < -0.39 is 19.5 Å². The van der Waals surface area contributed by atoms with Gasteiger partial charge in [0, 0.05) is 19.8 Å². The minimum absolute atomic E-state index is 0.100. The summed E-state index contributed by atoms with van der Waals surface area (Å²) in [5, 5.41) is 16.4. The van der Waals surface area contributed by atoms with Crippen LogP contribution >= 0.6 is 0 Å². The summed E-state index contributed by atoms with van der Waals surface area (Å²) in [5.41, 5.74) is -0.121. The smallest absolute Gasteiger partial charge is 0.276 e. The van der Waals surface area contributed by atoms with Crippen molar-refractivity contribution in [1.82, 2.24) is 4.98 Å². The van der Waals surface area contributed by atoms with E-state index in [1.54, 1.807) is 20.9 Å². The van der Waals surface area contributed by atoms with Crippen molar-refractivity contribution in [2.75, 3.05) is 30.5 Å². The lowest BCUT2D eigenvalue weighted by Crippen LogP contribution is -2.38. The van der Waals surface area contributed by atoms with E-state index >= 15 is 0 Å². The van der Waals surface area contributed by atoms with Crippen LogP contribution in [0.5, 0.6) is 0 Å². The number of aromatic nitrogens is 1. The molecular formula is C11H18N4O4S. The van der Waals surface area contributed by atoms with Crippen molar-refractivity contribution in [3.63, 3.8) is 0 Å². The van der Waals surface area contributed by atoms with Gasteiger partial charge in [-0.1, -0.05) is 0 Å². The predicted molar refractivity (Wildman–Crippen MR) is 77.9 cm³/mol. The van der Waals surface area contributed by atoms with Crippen LogP contribution in [0.2, 0.25) is 0 Å². The zero-order valence-electron chi connectivity index (χ0n) is 11.8. The average Bonchev–Trinajstić information content (AvgIpc) is 2.34. The summed E-state index contributed by atoms with van der Waals surface area (Å²) < 4.78 is 22.2. The molecular weight excluding hydrogens is 284 g/mol. The first kappa shape index (κ1) is 16.2. The van der Waals surface area contributed by atoms with Crippen LogP contribution in [0.3, 0.4) is 0 Å². The molecule has 1 heterocycles. The fourth-order valence-corrected chi connectivity index (χ4v) is 1.61. The third-order valence-corrected chi connectivity index (χ3v) is 5.13. The van der Waals surface area contributed by atoms with Crippen LogP contribution < -0.4 is 10.6 Å². The molecule has 0 aliphatic rings. The summed E-state index contributed by atoms with van der Waals surface area (Å²) in [4.78, 5) is 14.4. The molecule has 0 amide bonds. The first-order chi connectivity index (χ1) is 9.06. The van der Waals surface area contributed by atoms with E-state index in [4.69, 9.17) is 0 Å². The van der Waals surface area contributed by atoms with E-state index in [1.807, 2.05) is 0 Å². The molecule has 0 aromatic carbocycles. The lowest BCUT2D eigenvalue weighted by atomic mass is 10.2. The Morgan fingerprint density at radius 1 is 1.35 bits per heavy atom. The van der Waals surface area contributed by atoms with Crippen molar-refractivity contribution in [1.29, 1.82) is 0 Å². The van der Waals surface area contributed by atoms with E-state index in [-0.39, 0.29) is 18.1 Å². The number of nitro groups is 1. The number of rotatable bonds is 6. The summed E-state index contributed by atoms with van der Waals surface area (Å²) in [6.07, 6.45) is 1.15. The summed E-state index contributed by atoms with van der Waals surface area (Å²) >= 11 is 0. The topological polar surface area (TPSA) is 114 Å². The molecule has 1 aromatic rings. The molecule has 0 unspecified atom stereocenters. The molecule has 0 atom stereocenters. The Labute approximate surface area is 117 Å². The van der Waals surface area contributed by atoms with Gasteiger partial charge in [0.2, 0.25) is 0 Å². The SMILES string of the molecule is CNc1cc([N+](=O)[O-])cc(NCC(C)(C)S(C)(=O)=O)n1. The van der Waals surface area contributed by atoms with Gasteiger partial charge in [-0.3, -0.25) is 10.1 Å². The van der Waals surface area contributed by atoms with Gasteiger partial charge in [-0.2, -0.15) is 0 Å². The van der Waals surface area contributed by atoms with Gasteiger partial charge in [0.15, 0.2) is 9.84 Å². The second kappa shape index (κ2) is 5.61. The molecule has 0 radical (unpaired) electrons. The summed E-state index contributed by atoms with van der Waals surface area (Å²) in [7, 11) is -1.66. The standard InChI is InChI=1S/C11H18N4O4S/c1-11(2,20(4,18)19)7-13-10-6-8(15(16)17)5-9(12-3)14-10/h5-6H,7H2,1-4H3,(H2,12,13,14). The van der Waals surface area contributed by atoms with Crippen LogP contribution in [0, 0.1) is 10.1 Å². The predicted octanol–water partition coefficient (Wildman–Crippen LogP) is 1.27. The highest BCUT2D eigenvalue weighted by Crippen LogP contribution is 2.22. The van der Waals surface area contributed by atoms with Crippen LogP contribution in [0.4, 0.5) is 17.3 Å². The highest BCUT2D eigenvalue weighted by Gasteiger charge is 2.30. The third kappa shape index (κ3) is 3.80. The zero-order chi connectivity index (χ0) is 15.6. The minimum Gasteiger partial charge on any atom is -0.373 e. The first-order valence-electron chi connectivity index (χ1n) is 5.84. The quantitative estimate of drug-likeness (QED) is 0.600. The molecule has 1 aromatic heterocycles. The van der Waals surface area contributed by atoms with Crippen molar-refractivity contribution in [3.8, 4) is 0 Å². The second-order valence-corrected chi connectivity index (χ2v) is 7.64. The van der Waals surface area contributed by atoms with Crippen LogP contribution in [0.25, 0.3) is 0 Å². The third-order valence-electron chi connectivity index (χ3n) is 2.98. The molecule has 0 spiro atoms. The Bertz CT molecular complexity index is 613. The monoisotopic (exact) mass is 302 g/mol. The molecule has 0 saturated heterocycles. The second-order valence-electron chi connectivity index (χ2n) is 4.99. The highest BCUT2D eigenvalue weighted by molar-refractivity contribution is 7.92. The Balaban J connectivity index is 2.99. The van der Waals surface area contributed by atoms with E-state index in [9.17, 15) is 18.5 Å². The van der Waals surface area contributed by atoms with E-state index in [0.29, 0.717) is 5.82 Å². The molecule has 8 nitrogen and oxygen atoms in total. The molecule has 0 saturated carbocycles. The average molecular weight is 302 g/mol. The van der Waals surface area contributed by atoms with Gasteiger partial charge in [-0.25, -0.2) is 13.4 Å². The number of nitrogens with zero attached hydrogens (tertiary/aromatic N) is 2. The number of pyridine rings is 1. The molecule has 0 fully saturated rings. The number of nitrogens with one attached hydrogen (secondary N) is 2. The van der Waals surface area contributed by atoms with Gasteiger partial charge < -0.3 is 10.6 Å². The summed E-state index contributed by atoms with van der Waals surface area (Å²) in [5.74, 6) is 0.583. The normalized spacial score (nSPS) is 12.0. The van der Waals surface area contributed by atoms with Gasteiger partial charge in [0.05, 0.1) is 21.8 Å². The molecule has 112 valence electrons. The summed E-state index contributed by atoms with van der Waals surface area (Å²) in [6.45, 7) is 3.25. The van der Waals surface area contributed by atoms with Gasteiger partial charge in [0.25, 0.3) is 5.69 Å². The van der Waals surface area contributed by atoms with E-state index in [1.165, 1.54) is 12.1 Å². The van der Waals surface area contributed by atoms with Crippen molar-refractivity contribution in [2.24, 2.45) is 0 Å². The van der Waals surface area contributed by atoms with E-state index in [2.05, 4.69) is 15.6 Å². The van der Waals surface area contributed by atoms with Crippen LogP contribution in [-0.4, -0.2) is 42.9 Å². The molecule has 0 aliphatic heterocycles. The van der Waals surface area contributed by atoms with Crippen molar-refractivity contribution in [2.45, 2.75) is 18.6 Å². The highest BCUT2D eigenvalue weighted by atomic mass is 32.2. The Kier molecular flexibility index (Phi) is 4.53. The molecule has 1 rings (SSSR count). The van der Waals surface area contributed by atoms with Crippen LogP contribution in [-0.2, 0) is 9.84 Å². The lowest BCUT2D eigenvalue weighted by molar-refractivity contribution is -0.384. The van der Waals surface area contributed by atoms with Crippen LogP contribution in [0.1, 0.15) is 13.8 Å². The lowest BCUT2D eigenvalue weighted by Gasteiger charge is -2.23. The summed E-state index contributed by atoms with van der Waals surface area (Å²) in [6, 6.07) is 2.56. The molecule has 2 N–H and O–H groups in total. The van der Waals surface area contributed by atoms with Crippen molar-refractivity contribution >= 4 is 27.2 Å². The Hall–Kier alpha value is -1.90. The maximum atomic E-state index is 11.6. The maximum Gasteiger partial charge on any atom is 0.276 e. The van der Waals surface area contributed by atoms with Gasteiger partial charge in [-0.05, 0) is 13.8 Å². The molecule has 9 heteroatoms. The van der Waals surface area contributed by atoms with Crippen LogP contribution in [0.15, 0.2) is 12.1 Å². The number of hydrogen-bond acceptors (Lipinski definition) is 7. The fraction of sp³-hybridized carbons (Fsp3) is 0.545. The number of anilines is 2. The maximum absolute atomic E-state index is 11.6. The minimum atomic E-state index is -3.25. The fourth-order valence-electron chi connectivity index (χ4n) is 1.27. The van der Waals surface area contributed by atoms with Gasteiger partial charge in [-0.15, -0.1) is 0 Å². The zero-order valence-corrected chi connectivity index (χ0v) is 12.6. The molecule has 0 bridgehead atoms. The number of sulfone groups is 1. The van der Waals surface area contributed by atoms with Crippen molar-refractivity contribution in [3.05, 3.63) is 22.2 Å². The molecule has 0 aliphatic carbocycles. The van der Waals surface area contributed by atoms with Gasteiger partial charge >= 0.3 is 0 Å².